The summed E-state index contributed by atoms with van der Waals surface area (Å²) < 4.78 is 0. The molecule has 148 valence electrons. The van der Waals surface area contributed by atoms with Gasteiger partial charge in [0.2, 0.25) is 0 Å². The number of nitrogens with one attached hydrogen (secondary N) is 1. The van der Waals surface area contributed by atoms with Crippen LogP contribution in [0, 0.1) is 0 Å². The summed E-state index contributed by atoms with van der Waals surface area (Å²) in [6.45, 7) is 7.61. The van der Waals surface area contributed by atoms with E-state index >= 15 is 0 Å². The van der Waals surface area contributed by atoms with E-state index in [-0.39, 0.29) is 24.0 Å². The predicted octanol–water partition coefficient (Wildman–Crippen LogP) is 2.99. The van der Waals surface area contributed by atoms with Gasteiger partial charge in [-0.15, -0.1) is 24.0 Å². The molecule has 0 aliphatic carbocycles. The van der Waals surface area contributed by atoms with Gasteiger partial charge in [-0.05, 0) is 51.2 Å². The monoisotopic (exact) mass is 493 g/mol. The zero-order valence-electron chi connectivity index (χ0n) is 16.2. The van der Waals surface area contributed by atoms with Crippen LogP contribution in [-0.2, 0) is 6.54 Å². The first-order valence-electron chi connectivity index (χ1n) is 9.16. The fraction of sp³-hybridized carbons (Fsp3) is 0.632. The van der Waals surface area contributed by atoms with Crippen LogP contribution in [0.2, 0.25) is 5.02 Å². The van der Waals surface area contributed by atoms with Crippen molar-refractivity contribution < 1.29 is 0 Å². The fourth-order valence-electron chi connectivity index (χ4n) is 3.17. The fourth-order valence-corrected chi connectivity index (χ4v) is 3.36. The molecule has 0 unspecified atom stereocenters. The van der Waals surface area contributed by atoms with Gasteiger partial charge in [-0.25, -0.2) is 0 Å². The van der Waals surface area contributed by atoms with Crippen LogP contribution >= 0.6 is 35.6 Å². The zero-order chi connectivity index (χ0) is 18.1. The Labute approximate surface area is 180 Å². The van der Waals surface area contributed by atoms with Crippen molar-refractivity contribution in [2.45, 2.75) is 19.4 Å². The molecule has 0 atom stereocenters. The molecule has 1 saturated heterocycles. The first-order valence-corrected chi connectivity index (χ1v) is 9.54. The molecule has 0 spiro atoms. The van der Waals surface area contributed by atoms with Crippen molar-refractivity contribution in [1.82, 2.24) is 20.0 Å². The summed E-state index contributed by atoms with van der Waals surface area (Å²) in [7, 11) is 6.09. The van der Waals surface area contributed by atoms with E-state index in [0.717, 1.165) is 42.6 Å². The van der Waals surface area contributed by atoms with Gasteiger partial charge in [-0.2, -0.15) is 0 Å². The molecular formula is C19H33ClIN5. The number of halogens is 2. The lowest BCUT2D eigenvalue weighted by atomic mass is 10.2. The highest BCUT2D eigenvalue weighted by molar-refractivity contribution is 14.0. The van der Waals surface area contributed by atoms with Crippen LogP contribution in [0.5, 0.6) is 0 Å². The minimum absolute atomic E-state index is 0. The zero-order valence-corrected chi connectivity index (χ0v) is 19.3. The Morgan fingerprint density at radius 3 is 2.73 bits per heavy atom. The maximum Gasteiger partial charge on any atom is 0.193 e. The van der Waals surface area contributed by atoms with E-state index in [2.05, 4.69) is 38.1 Å². The second kappa shape index (κ2) is 12.8. The quantitative estimate of drug-likeness (QED) is 0.286. The van der Waals surface area contributed by atoms with Gasteiger partial charge < -0.3 is 20.0 Å². The molecule has 5 nitrogen and oxygen atoms in total. The second-order valence-electron chi connectivity index (χ2n) is 6.77. The largest absolute Gasteiger partial charge is 0.356 e. The number of aliphatic imine (C=N–C) groups is 1. The first-order chi connectivity index (χ1) is 12.1. The summed E-state index contributed by atoms with van der Waals surface area (Å²) in [4.78, 5) is 11.5. The maximum atomic E-state index is 6.26. The summed E-state index contributed by atoms with van der Waals surface area (Å²) in [5.74, 6) is 0.913. The standard InChI is InChI=1S/C19H32ClN5.HI/c1-21-19(24(3)16-17-8-4-5-9-18(17)20)22-10-6-12-25-13-7-11-23(2)14-15-25;/h4-5,8-9H,6-7,10-16H2,1-3H3,(H,21,22);1H. The van der Waals surface area contributed by atoms with Crippen molar-refractivity contribution in [2.24, 2.45) is 4.99 Å². The van der Waals surface area contributed by atoms with E-state index in [4.69, 9.17) is 11.6 Å². The third kappa shape index (κ3) is 7.98. The third-order valence-electron chi connectivity index (χ3n) is 4.69. The molecule has 0 aromatic heterocycles. The van der Waals surface area contributed by atoms with Gasteiger partial charge >= 0.3 is 0 Å². The Morgan fingerprint density at radius 2 is 2.00 bits per heavy atom. The van der Waals surface area contributed by atoms with Crippen molar-refractivity contribution in [3.63, 3.8) is 0 Å². The number of guanidine groups is 1. The second-order valence-corrected chi connectivity index (χ2v) is 7.18. The van der Waals surface area contributed by atoms with E-state index < -0.39 is 0 Å². The van der Waals surface area contributed by atoms with Gasteiger partial charge in [-0.1, -0.05) is 29.8 Å². The SMILES string of the molecule is CN=C(NCCCN1CCCN(C)CC1)N(C)Cc1ccccc1Cl.I. The Hall–Kier alpha value is -0.570. The van der Waals surface area contributed by atoms with Gasteiger partial charge in [-0.3, -0.25) is 4.99 Å². The number of likely N-dealkylation sites (N-methyl/N-ethyl adjacent to an activating group) is 1. The molecule has 1 aliphatic heterocycles. The minimum atomic E-state index is 0. The van der Waals surface area contributed by atoms with Crippen molar-refractivity contribution in [3.8, 4) is 0 Å². The van der Waals surface area contributed by atoms with E-state index in [0.29, 0.717) is 0 Å². The molecule has 0 saturated carbocycles. The van der Waals surface area contributed by atoms with E-state index in [1.165, 1.54) is 32.6 Å². The molecule has 1 N–H and O–H groups in total. The highest BCUT2D eigenvalue weighted by atomic mass is 127. The minimum Gasteiger partial charge on any atom is -0.356 e. The number of nitrogens with zero attached hydrogens (tertiary/aromatic N) is 4. The molecule has 0 amide bonds. The van der Waals surface area contributed by atoms with E-state index in [1.54, 1.807) is 0 Å². The van der Waals surface area contributed by atoms with Crippen molar-refractivity contribution in [3.05, 3.63) is 34.9 Å². The lowest BCUT2D eigenvalue weighted by Crippen LogP contribution is -2.40. The Kier molecular flexibility index (Phi) is 11.5. The van der Waals surface area contributed by atoms with Crippen LogP contribution in [0.3, 0.4) is 0 Å². The summed E-state index contributed by atoms with van der Waals surface area (Å²) in [5, 5.41) is 4.27. The average molecular weight is 494 g/mol. The smallest absolute Gasteiger partial charge is 0.193 e. The Morgan fingerprint density at radius 1 is 1.23 bits per heavy atom. The topological polar surface area (TPSA) is 34.1 Å². The summed E-state index contributed by atoms with van der Waals surface area (Å²) >= 11 is 6.26. The van der Waals surface area contributed by atoms with Crippen LogP contribution in [0.4, 0.5) is 0 Å². The van der Waals surface area contributed by atoms with Gasteiger partial charge in [0.05, 0.1) is 0 Å². The Balaban J connectivity index is 0.00000338. The molecule has 0 bridgehead atoms. The molecule has 7 heteroatoms. The highest BCUT2D eigenvalue weighted by Crippen LogP contribution is 2.16. The van der Waals surface area contributed by atoms with Crippen LogP contribution < -0.4 is 5.32 Å². The molecule has 1 aromatic carbocycles. The summed E-state index contributed by atoms with van der Waals surface area (Å²) in [5.41, 5.74) is 1.11. The molecular weight excluding hydrogens is 461 g/mol. The molecule has 1 aliphatic rings. The van der Waals surface area contributed by atoms with Gasteiger partial charge in [0.1, 0.15) is 0 Å². The highest BCUT2D eigenvalue weighted by Gasteiger charge is 2.12. The van der Waals surface area contributed by atoms with E-state index in [9.17, 15) is 0 Å². The molecule has 1 heterocycles. The van der Waals surface area contributed by atoms with Crippen LogP contribution in [-0.4, -0.2) is 81.1 Å². The molecule has 2 rings (SSSR count). The van der Waals surface area contributed by atoms with Crippen molar-refractivity contribution >= 4 is 41.5 Å². The number of benzene rings is 1. The van der Waals surface area contributed by atoms with Crippen molar-refractivity contribution in [1.29, 1.82) is 0 Å². The average Bonchev–Trinajstić information content (AvgIpc) is 2.81. The molecule has 1 aromatic rings. The van der Waals surface area contributed by atoms with Gasteiger partial charge in [0.25, 0.3) is 0 Å². The third-order valence-corrected chi connectivity index (χ3v) is 5.05. The molecule has 26 heavy (non-hydrogen) atoms. The van der Waals surface area contributed by atoms with Crippen LogP contribution in [0.25, 0.3) is 0 Å². The van der Waals surface area contributed by atoms with Crippen LogP contribution in [0.1, 0.15) is 18.4 Å². The maximum absolute atomic E-state index is 6.26. The van der Waals surface area contributed by atoms with E-state index in [1.807, 2.05) is 32.3 Å². The number of hydrogen-bond donors (Lipinski definition) is 1. The van der Waals surface area contributed by atoms with Gasteiger partial charge in [0.15, 0.2) is 5.96 Å². The van der Waals surface area contributed by atoms with Crippen LogP contribution in [0.15, 0.2) is 29.3 Å². The number of rotatable bonds is 6. The summed E-state index contributed by atoms with van der Waals surface area (Å²) in [6, 6.07) is 7.96. The first kappa shape index (κ1) is 23.5. The lowest BCUT2D eigenvalue weighted by molar-refractivity contribution is 0.273. The molecule has 1 fully saturated rings. The normalized spacial score (nSPS) is 16.7. The molecule has 0 radical (unpaired) electrons. The predicted molar refractivity (Wildman–Crippen MR) is 123 cm³/mol. The Bertz CT molecular complexity index is 554. The van der Waals surface area contributed by atoms with Crippen molar-refractivity contribution in [2.75, 3.05) is 60.4 Å². The summed E-state index contributed by atoms with van der Waals surface area (Å²) in [6.07, 6.45) is 2.40. The van der Waals surface area contributed by atoms with Gasteiger partial charge in [0, 0.05) is 45.3 Å². The lowest BCUT2D eigenvalue weighted by Gasteiger charge is -2.24. The number of hydrogen-bond acceptors (Lipinski definition) is 3.